The maximum absolute atomic E-state index is 12.9. The zero-order valence-electron chi connectivity index (χ0n) is 22.6. The van der Waals surface area contributed by atoms with Crippen molar-refractivity contribution in [3.8, 4) is 0 Å². The number of anilines is 2. The molecule has 0 saturated carbocycles. The molecule has 1 atom stereocenters. The molecule has 1 spiro atoms. The molecule has 210 valence electrons. The quantitative estimate of drug-likeness (QED) is 0.438. The number of pyridine rings is 1. The summed E-state index contributed by atoms with van der Waals surface area (Å²) in [5.41, 5.74) is 3.01. The third kappa shape index (κ3) is 5.20. The van der Waals surface area contributed by atoms with Crippen LogP contribution in [-0.2, 0) is 37.4 Å². The third-order valence-electron chi connectivity index (χ3n) is 9.03. The first-order valence-corrected chi connectivity index (χ1v) is 14.4. The highest BCUT2D eigenvalue weighted by molar-refractivity contribution is 6.06. The fraction of sp³-hybridized carbons (Fsp3) is 0.500. The van der Waals surface area contributed by atoms with Crippen LogP contribution in [0.4, 0.5) is 11.5 Å². The lowest BCUT2D eigenvalue weighted by Gasteiger charge is -2.33. The molecule has 4 amide bonds. The molecule has 1 aromatic heterocycles. The van der Waals surface area contributed by atoms with Gasteiger partial charge < -0.3 is 26.2 Å². The highest BCUT2D eigenvalue weighted by atomic mass is 16.2. The molecule has 40 heavy (non-hydrogen) atoms. The number of carbonyl (C=O) groups is 4. The number of hydrogen-bond acceptors (Lipinski definition) is 6. The van der Waals surface area contributed by atoms with Gasteiger partial charge >= 0.3 is 0 Å². The third-order valence-corrected chi connectivity index (χ3v) is 9.03. The summed E-state index contributed by atoms with van der Waals surface area (Å²) in [6.07, 6.45) is 6.73. The van der Waals surface area contributed by atoms with Crippen LogP contribution in [0.1, 0.15) is 48.8 Å². The second kappa shape index (κ2) is 11.0. The van der Waals surface area contributed by atoms with Crippen LogP contribution in [0.2, 0.25) is 0 Å². The first kappa shape index (κ1) is 26.4. The molecule has 10 heteroatoms. The number of amides is 4. The average Bonchev–Trinajstić information content (AvgIpc) is 3.49. The standard InChI is InChI=1S/C30H36N6O4/c37-25(18-33-28(39)20-7-12-36(13-8-20)26(38)14-19-5-10-31-11-6-19)34-23-4-3-21-16-30(17-22(21)15-23)24-2-1-9-32-27(24)35-29(30)40/h1-4,9,15,19-20,31H,5-8,10-14,16-18H2,(H,33,39)(H,34,37)(H,32,35,40). The number of benzene rings is 1. The fourth-order valence-electron chi connectivity index (χ4n) is 6.71. The fourth-order valence-corrected chi connectivity index (χ4v) is 6.71. The van der Waals surface area contributed by atoms with Crippen molar-refractivity contribution in [1.82, 2.24) is 20.5 Å². The van der Waals surface area contributed by atoms with E-state index >= 15 is 0 Å². The maximum Gasteiger partial charge on any atom is 0.243 e. The number of hydrogen-bond donors (Lipinski definition) is 4. The number of likely N-dealkylation sites (tertiary alicyclic amines) is 1. The Kier molecular flexibility index (Phi) is 7.27. The van der Waals surface area contributed by atoms with E-state index in [2.05, 4.69) is 26.3 Å². The van der Waals surface area contributed by atoms with E-state index in [9.17, 15) is 19.2 Å². The van der Waals surface area contributed by atoms with Crippen molar-refractivity contribution in [1.29, 1.82) is 0 Å². The van der Waals surface area contributed by atoms with Gasteiger partial charge in [-0.05, 0) is 86.9 Å². The lowest BCUT2D eigenvalue weighted by molar-refractivity contribution is -0.136. The zero-order valence-corrected chi connectivity index (χ0v) is 22.6. The highest BCUT2D eigenvalue weighted by Crippen LogP contribution is 2.46. The smallest absolute Gasteiger partial charge is 0.243 e. The summed E-state index contributed by atoms with van der Waals surface area (Å²) in [6.45, 7) is 3.02. The summed E-state index contributed by atoms with van der Waals surface area (Å²) in [5, 5.41) is 11.9. The van der Waals surface area contributed by atoms with Gasteiger partial charge in [-0.2, -0.15) is 0 Å². The van der Waals surface area contributed by atoms with Crippen LogP contribution in [0.15, 0.2) is 36.5 Å². The van der Waals surface area contributed by atoms with Crippen LogP contribution in [0.3, 0.4) is 0 Å². The summed E-state index contributed by atoms with van der Waals surface area (Å²) in [6, 6.07) is 9.52. The first-order valence-electron chi connectivity index (χ1n) is 14.4. The van der Waals surface area contributed by atoms with E-state index in [0.717, 1.165) is 42.6 Å². The molecule has 0 bridgehead atoms. The Morgan fingerprint density at radius 2 is 1.80 bits per heavy atom. The zero-order chi connectivity index (χ0) is 27.7. The predicted octanol–water partition coefficient (Wildman–Crippen LogP) is 1.75. The minimum absolute atomic E-state index is 0.0392. The van der Waals surface area contributed by atoms with Crippen molar-refractivity contribution < 1.29 is 19.2 Å². The predicted molar refractivity (Wildman–Crippen MR) is 150 cm³/mol. The number of carbonyl (C=O) groups excluding carboxylic acids is 4. The molecule has 3 aliphatic heterocycles. The van der Waals surface area contributed by atoms with Crippen LogP contribution in [0.25, 0.3) is 0 Å². The van der Waals surface area contributed by atoms with Crippen molar-refractivity contribution in [3.63, 3.8) is 0 Å². The van der Waals surface area contributed by atoms with E-state index in [0.29, 0.717) is 62.6 Å². The molecule has 10 nitrogen and oxygen atoms in total. The summed E-state index contributed by atoms with van der Waals surface area (Å²) in [7, 11) is 0. The van der Waals surface area contributed by atoms with Crippen LogP contribution in [-0.4, -0.2) is 66.2 Å². The summed E-state index contributed by atoms with van der Waals surface area (Å²) in [5.74, 6) is 0.597. The molecular formula is C30H36N6O4. The molecule has 4 N–H and O–H groups in total. The molecule has 1 unspecified atom stereocenters. The van der Waals surface area contributed by atoms with Gasteiger partial charge in [0, 0.05) is 42.9 Å². The van der Waals surface area contributed by atoms with Crippen LogP contribution < -0.4 is 21.3 Å². The topological polar surface area (TPSA) is 133 Å². The minimum atomic E-state index is -0.657. The molecule has 4 heterocycles. The number of nitrogens with one attached hydrogen (secondary N) is 4. The van der Waals surface area contributed by atoms with Gasteiger partial charge in [0.25, 0.3) is 0 Å². The lowest BCUT2D eigenvalue weighted by Crippen LogP contribution is -2.45. The summed E-state index contributed by atoms with van der Waals surface area (Å²) >= 11 is 0. The van der Waals surface area contributed by atoms with E-state index in [1.807, 2.05) is 35.2 Å². The number of fused-ring (bicyclic) bond motifs is 3. The number of piperidine rings is 2. The second-order valence-corrected chi connectivity index (χ2v) is 11.6. The SMILES string of the molecule is O=C(CNC(=O)C1CCN(C(=O)CC2CCNCC2)CC1)Nc1ccc2c(c1)CC1(C2)C(=O)Nc2ncccc21. The molecule has 2 saturated heterocycles. The minimum Gasteiger partial charge on any atom is -0.347 e. The molecule has 6 rings (SSSR count). The van der Waals surface area contributed by atoms with E-state index < -0.39 is 5.41 Å². The average molecular weight is 545 g/mol. The van der Waals surface area contributed by atoms with E-state index in [-0.39, 0.29) is 36.1 Å². The molecule has 0 radical (unpaired) electrons. The number of aromatic nitrogens is 1. The highest BCUT2D eigenvalue weighted by Gasteiger charge is 2.51. The first-order chi connectivity index (χ1) is 19.4. The van der Waals surface area contributed by atoms with Crippen molar-refractivity contribution in [2.24, 2.45) is 11.8 Å². The molecule has 1 aromatic carbocycles. The number of nitrogens with zero attached hydrogens (tertiary/aromatic N) is 2. The van der Waals surface area contributed by atoms with Gasteiger partial charge in [0.1, 0.15) is 5.82 Å². The van der Waals surface area contributed by atoms with Gasteiger partial charge in [-0.3, -0.25) is 19.2 Å². The van der Waals surface area contributed by atoms with Crippen molar-refractivity contribution in [3.05, 3.63) is 53.2 Å². The second-order valence-electron chi connectivity index (χ2n) is 11.6. The Hall–Kier alpha value is -3.79. The summed E-state index contributed by atoms with van der Waals surface area (Å²) in [4.78, 5) is 57.2. The Labute approximate surface area is 233 Å². The number of rotatable bonds is 6. The lowest BCUT2D eigenvalue weighted by atomic mass is 9.79. The van der Waals surface area contributed by atoms with Crippen molar-refractivity contribution in [2.75, 3.05) is 43.4 Å². The molecule has 1 aliphatic carbocycles. The Morgan fingerprint density at radius 1 is 1.02 bits per heavy atom. The summed E-state index contributed by atoms with van der Waals surface area (Å²) < 4.78 is 0. The van der Waals surface area contributed by atoms with E-state index in [1.165, 1.54) is 0 Å². The largest absolute Gasteiger partial charge is 0.347 e. The van der Waals surface area contributed by atoms with Gasteiger partial charge in [-0.1, -0.05) is 12.1 Å². The Bertz CT molecular complexity index is 1330. The van der Waals surface area contributed by atoms with Gasteiger partial charge in [-0.15, -0.1) is 0 Å². The maximum atomic E-state index is 12.9. The van der Waals surface area contributed by atoms with E-state index in [4.69, 9.17) is 0 Å². The monoisotopic (exact) mass is 544 g/mol. The van der Waals surface area contributed by atoms with Gasteiger partial charge in [0.05, 0.1) is 12.0 Å². The molecule has 4 aliphatic rings. The van der Waals surface area contributed by atoms with Crippen LogP contribution >= 0.6 is 0 Å². The van der Waals surface area contributed by atoms with Crippen molar-refractivity contribution >= 4 is 35.1 Å². The molecular weight excluding hydrogens is 508 g/mol. The van der Waals surface area contributed by atoms with Crippen LogP contribution in [0, 0.1) is 11.8 Å². The van der Waals surface area contributed by atoms with Gasteiger partial charge in [-0.25, -0.2) is 4.98 Å². The normalized spacial score (nSPS) is 22.5. The van der Waals surface area contributed by atoms with Crippen LogP contribution in [0.5, 0.6) is 0 Å². The Morgan fingerprint density at radius 3 is 2.60 bits per heavy atom. The van der Waals surface area contributed by atoms with Crippen molar-refractivity contribution in [2.45, 2.75) is 50.4 Å². The van der Waals surface area contributed by atoms with Gasteiger partial charge in [0.15, 0.2) is 0 Å². The molecule has 2 aromatic rings. The van der Waals surface area contributed by atoms with Gasteiger partial charge in [0.2, 0.25) is 23.6 Å². The van der Waals surface area contributed by atoms with E-state index in [1.54, 1.807) is 6.20 Å². The molecule has 2 fully saturated rings. The Balaban J connectivity index is 0.969.